The third kappa shape index (κ3) is 5.19. The van der Waals surface area contributed by atoms with Crippen LogP contribution in [0.2, 0.25) is 0 Å². The topological polar surface area (TPSA) is 66.6 Å². The Balaban J connectivity index is 1.71. The van der Waals surface area contributed by atoms with Crippen LogP contribution in [0.5, 0.6) is 0 Å². The summed E-state index contributed by atoms with van der Waals surface area (Å²) in [4.78, 5) is 30.8. The molecule has 0 aromatic heterocycles. The van der Waals surface area contributed by atoms with Gasteiger partial charge in [0.25, 0.3) is 11.8 Å². The highest BCUT2D eigenvalue weighted by Crippen LogP contribution is 2.38. The number of hydrogen-bond donors (Lipinski definition) is 1. The van der Waals surface area contributed by atoms with Crippen molar-refractivity contribution in [2.75, 3.05) is 28.6 Å². The van der Waals surface area contributed by atoms with E-state index in [-0.39, 0.29) is 11.8 Å². The quantitative estimate of drug-likeness (QED) is 0.172. The zero-order chi connectivity index (χ0) is 24.8. The zero-order valence-electron chi connectivity index (χ0n) is 21.1. The molecule has 1 heterocycles. The lowest BCUT2D eigenvalue weighted by Crippen LogP contribution is -2.40. The van der Waals surface area contributed by atoms with Gasteiger partial charge in [0.15, 0.2) is 0 Å². The lowest BCUT2D eigenvalue weighted by Gasteiger charge is -2.31. The van der Waals surface area contributed by atoms with E-state index < -0.39 is 0 Å². The minimum atomic E-state index is -0.285. The van der Waals surface area contributed by atoms with E-state index in [0.29, 0.717) is 22.5 Å². The molecule has 0 radical (unpaired) electrons. The summed E-state index contributed by atoms with van der Waals surface area (Å²) in [5.74, 6) is -0.570. The average Bonchev–Trinajstić information content (AvgIpc) is 2.87. The summed E-state index contributed by atoms with van der Waals surface area (Å²) in [6.07, 6.45) is 9.65. The Kier molecular flexibility index (Phi) is 8.06. The van der Waals surface area contributed by atoms with E-state index in [0.717, 1.165) is 42.4 Å². The number of carbonyl (C=O) groups excluding carboxylic acids is 2. The van der Waals surface area contributed by atoms with Crippen molar-refractivity contribution in [1.29, 1.82) is 0 Å². The van der Waals surface area contributed by atoms with Crippen molar-refractivity contribution in [3.63, 3.8) is 0 Å². The van der Waals surface area contributed by atoms with E-state index in [2.05, 4.69) is 30.9 Å². The van der Waals surface area contributed by atoms with Crippen LogP contribution in [0.4, 0.5) is 17.1 Å². The summed E-state index contributed by atoms with van der Waals surface area (Å²) in [7, 11) is 0. The number of imide groups is 1. The Morgan fingerprint density at radius 3 is 1.91 bits per heavy atom. The van der Waals surface area contributed by atoms with E-state index in [1.165, 1.54) is 43.4 Å². The summed E-state index contributed by atoms with van der Waals surface area (Å²) < 4.78 is 0. The van der Waals surface area contributed by atoms with Gasteiger partial charge in [0.1, 0.15) is 0 Å². The number of carbonyl (C=O) groups is 2. The highest BCUT2D eigenvalue weighted by atomic mass is 16.2. The molecular weight excluding hydrogens is 434 g/mol. The Morgan fingerprint density at radius 1 is 0.714 bits per heavy atom. The van der Waals surface area contributed by atoms with Gasteiger partial charge in [0.05, 0.1) is 5.69 Å². The molecule has 1 aliphatic heterocycles. The summed E-state index contributed by atoms with van der Waals surface area (Å²) in [6.45, 7) is 6.45. The minimum absolute atomic E-state index is 0.285. The van der Waals surface area contributed by atoms with E-state index >= 15 is 0 Å². The maximum Gasteiger partial charge on any atom is 0.265 e. The van der Waals surface area contributed by atoms with Gasteiger partial charge in [-0.2, -0.15) is 0 Å². The number of nitrogens with two attached hydrogens (primary N) is 1. The van der Waals surface area contributed by atoms with Crippen molar-refractivity contribution < 1.29 is 9.59 Å². The van der Waals surface area contributed by atoms with Gasteiger partial charge in [0.2, 0.25) is 0 Å². The zero-order valence-corrected chi connectivity index (χ0v) is 21.1. The van der Waals surface area contributed by atoms with Gasteiger partial charge in [0, 0.05) is 46.4 Å². The smallest absolute Gasteiger partial charge is 0.265 e. The van der Waals surface area contributed by atoms with Crippen LogP contribution in [0, 0.1) is 0 Å². The molecule has 2 N–H and O–H groups in total. The first-order valence-corrected chi connectivity index (χ1v) is 13.1. The number of benzene rings is 3. The Bertz CT molecular complexity index is 1150. The van der Waals surface area contributed by atoms with Crippen LogP contribution in [-0.2, 0) is 0 Å². The first kappa shape index (κ1) is 24.8. The number of anilines is 3. The van der Waals surface area contributed by atoms with E-state index in [1.54, 1.807) is 24.3 Å². The largest absolute Gasteiger partial charge is 0.399 e. The number of rotatable bonds is 12. The Hall–Kier alpha value is -3.34. The van der Waals surface area contributed by atoms with Crippen molar-refractivity contribution in [3.8, 4) is 0 Å². The van der Waals surface area contributed by atoms with E-state index in [9.17, 15) is 9.59 Å². The second-order valence-electron chi connectivity index (χ2n) is 9.51. The van der Waals surface area contributed by atoms with Crippen LogP contribution >= 0.6 is 0 Å². The summed E-state index contributed by atoms with van der Waals surface area (Å²) in [6, 6.07) is 16.7. The molecular formula is C30H37N3O2. The van der Waals surface area contributed by atoms with Crippen LogP contribution in [-0.4, -0.2) is 24.9 Å². The summed E-state index contributed by atoms with van der Waals surface area (Å²) in [5, 5.41) is 1.77. The fourth-order valence-electron chi connectivity index (χ4n) is 5.03. The van der Waals surface area contributed by atoms with Crippen molar-refractivity contribution in [2.24, 2.45) is 0 Å². The molecule has 0 spiro atoms. The SMILES string of the molecule is CCCCCCN(CCCCCC)c1ccc2c3c(cccc13)C(=O)N(c1ccc(N)cc1)C2=O. The van der Waals surface area contributed by atoms with Crippen molar-refractivity contribution in [3.05, 3.63) is 65.7 Å². The highest BCUT2D eigenvalue weighted by molar-refractivity contribution is 6.36. The molecule has 184 valence electrons. The van der Waals surface area contributed by atoms with Crippen LogP contribution in [0.3, 0.4) is 0 Å². The van der Waals surface area contributed by atoms with Gasteiger partial charge in [-0.05, 0) is 55.3 Å². The molecule has 5 nitrogen and oxygen atoms in total. The molecule has 0 saturated heterocycles. The normalized spacial score (nSPS) is 13.0. The van der Waals surface area contributed by atoms with Crippen LogP contribution < -0.4 is 15.5 Å². The van der Waals surface area contributed by atoms with Gasteiger partial charge in [-0.3, -0.25) is 9.59 Å². The summed E-state index contributed by atoms with van der Waals surface area (Å²) >= 11 is 0. The predicted molar refractivity (Wildman–Crippen MR) is 146 cm³/mol. The van der Waals surface area contributed by atoms with Crippen LogP contribution in [0.1, 0.15) is 85.9 Å². The van der Waals surface area contributed by atoms with Gasteiger partial charge in [-0.1, -0.05) is 64.5 Å². The third-order valence-electron chi connectivity index (χ3n) is 6.94. The molecule has 2 amide bonds. The minimum Gasteiger partial charge on any atom is -0.399 e. The predicted octanol–water partition coefficient (Wildman–Crippen LogP) is 7.19. The Morgan fingerprint density at radius 2 is 1.31 bits per heavy atom. The molecule has 0 unspecified atom stereocenters. The average molecular weight is 472 g/mol. The van der Waals surface area contributed by atoms with Crippen molar-refractivity contribution in [2.45, 2.75) is 65.2 Å². The van der Waals surface area contributed by atoms with Gasteiger partial charge in [-0.15, -0.1) is 0 Å². The lowest BCUT2D eigenvalue weighted by atomic mass is 9.92. The number of nitrogens with zero attached hydrogens (tertiary/aromatic N) is 2. The third-order valence-corrected chi connectivity index (χ3v) is 6.94. The molecule has 0 fully saturated rings. The molecule has 0 bridgehead atoms. The molecule has 0 saturated carbocycles. The number of hydrogen-bond acceptors (Lipinski definition) is 4. The molecule has 1 aliphatic rings. The molecule has 0 atom stereocenters. The molecule has 3 aromatic rings. The molecule has 4 rings (SSSR count). The maximum atomic E-state index is 13.5. The fourth-order valence-corrected chi connectivity index (χ4v) is 5.03. The number of nitrogen functional groups attached to an aromatic ring is 1. The summed E-state index contributed by atoms with van der Waals surface area (Å²) in [5.41, 5.74) is 9.23. The first-order valence-electron chi connectivity index (χ1n) is 13.1. The molecule has 5 heteroatoms. The maximum absolute atomic E-state index is 13.5. The second kappa shape index (κ2) is 11.4. The highest BCUT2D eigenvalue weighted by Gasteiger charge is 2.34. The van der Waals surface area contributed by atoms with Crippen LogP contribution in [0.25, 0.3) is 10.8 Å². The number of unbranched alkanes of at least 4 members (excludes halogenated alkanes) is 6. The molecule has 35 heavy (non-hydrogen) atoms. The van der Waals surface area contributed by atoms with Gasteiger partial charge in [-0.25, -0.2) is 4.90 Å². The van der Waals surface area contributed by atoms with Gasteiger partial charge >= 0.3 is 0 Å². The van der Waals surface area contributed by atoms with Crippen molar-refractivity contribution >= 4 is 39.6 Å². The second-order valence-corrected chi connectivity index (χ2v) is 9.51. The Labute approximate surface area is 208 Å². The van der Waals surface area contributed by atoms with E-state index in [1.807, 2.05) is 18.2 Å². The molecule has 3 aromatic carbocycles. The fraction of sp³-hybridized carbons (Fsp3) is 0.400. The van der Waals surface area contributed by atoms with E-state index in [4.69, 9.17) is 5.73 Å². The number of amides is 2. The standard InChI is InChI=1S/C30H37N3O2/c1-3-5-7-9-20-32(21-10-8-6-4-2)27-19-18-26-28-24(27)12-11-13-25(28)29(34)33(30(26)35)23-16-14-22(31)15-17-23/h11-19H,3-10,20-21,31H2,1-2H3. The van der Waals surface area contributed by atoms with Crippen molar-refractivity contribution in [1.82, 2.24) is 0 Å². The van der Waals surface area contributed by atoms with Crippen LogP contribution in [0.15, 0.2) is 54.6 Å². The molecule has 0 aliphatic carbocycles. The monoisotopic (exact) mass is 471 g/mol. The lowest BCUT2D eigenvalue weighted by molar-refractivity contribution is 0.0893. The first-order chi connectivity index (χ1) is 17.1. The van der Waals surface area contributed by atoms with Gasteiger partial charge < -0.3 is 10.6 Å².